The predicted octanol–water partition coefficient (Wildman–Crippen LogP) is 4.71. The van der Waals surface area contributed by atoms with Crippen molar-refractivity contribution in [1.29, 1.82) is 0 Å². The van der Waals surface area contributed by atoms with Crippen molar-refractivity contribution in [1.82, 2.24) is 14.9 Å². The fraction of sp³-hybridized carbons (Fsp3) is 0.550. The number of aromatic nitrogens is 2. The van der Waals surface area contributed by atoms with Crippen molar-refractivity contribution < 1.29 is 14.3 Å². The zero-order valence-electron chi connectivity index (χ0n) is 17.1. The molecule has 1 aliphatic rings. The van der Waals surface area contributed by atoms with Gasteiger partial charge in [-0.2, -0.15) is 0 Å². The molecule has 1 atom stereocenters. The van der Waals surface area contributed by atoms with Crippen LogP contribution in [0.15, 0.2) is 24.4 Å². The van der Waals surface area contributed by atoms with E-state index in [2.05, 4.69) is 29.1 Å². The molecule has 0 aromatic carbocycles. The Kier molecular flexibility index (Phi) is 6.20. The summed E-state index contributed by atoms with van der Waals surface area (Å²) in [6.45, 7) is 11.3. The summed E-state index contributed by atoms with van der Waals surface area (Å²) in [5, 5.41) is 4.07. The van der Waals surface area contributed by atoms with E-state index in [0.29, 0.717) is 31.4 Å². The van der Waals surface area contributed by atoms with E-state index in [1.54, 1.807) is 16.2 Å². The zero-order valence-corrected chi connectivity index (χ0v) is 17.9. The van der Waals surface area contributed by atoms with Crippen molar-refractivity contribution in [3.63, 3.8) is 0 Å². The molecular weight excluding hydrogens is 376 g/mol. The third kappa shape index (κ3) is 5.42. The number of morpholine rings is 1. The Bertz CT molecular complexity index is 816. The summed E-state index contributed by atoms with van der Waals surface area (Å²) in [6.07, 6.45) is 1.29. The van der Waals surface area contributed by atoms with Crippen LogP contribution in [0, 0.1) is 0 Å². The Labute approximate surface area is 170 Å². The van der Waals surface area contributed by atoms with E-state index in [0.717, 1.165) is 10.8 Å². The summed E-state index contributed by atoms with van der Waals surface area (Å²) in [7, 11) is 0. The molecule has 3 rings (SSSR count). The SMILES string of the molecule is CC(C)c1cnc(Nc2cccc(C3CN(C(=O)OC(C)(C)C)CCO3)n2)s1. The largest absolute Gasteiger partial charge is 0.444 e. The first-order valence-electron chi connectivity index (χ1n) is 9.50. The molecule has 152 valence electrons. The Morgan fingerprint density at radius 3 is 2.86 bits per heavy atom. The average Bonchev–Trinajstić information content (AvgIpc) is 3.09. The van der Waals surface area contributed by atoms with Gasteiger partial charge in [-0.05, 0) is 38.8 Å². The summed E-state index contributed by atoms with van der Waals surface area (Å²) in [6, 6.07) is 5.74. The number of ether oxygens (including phenoxy) is 2. The van der Waals surface area contributed by atoms with Crippen molar-refractivity contribution >= 4 is 28.4 Å². The van der Waals surface area contributed by atoms with Crippen molar-refractivity contribution in [2.24, 2.45) is 0 Å². The van der Waals surface area contributed by atoms with Crippen LogP contribution in [0.3, 0.4) is 0 Å². The van der Waals surface area contributed by atoms with Crippen LogP contribution in [-0.4, -0.2) is 46.3 Å². The van der Waals surface area contributed by atoms with Crippen LogP contribution in [0.4, 0.5) is 15.7 Å². The molecule has 2 aromatic rings. The highest BCUT2D eigenvalue weighted by atomic mass is 32.1. The Hall–Kier alpha value is -2.19. The van der Waals surface area contributed by atoms with E-state index in [1.165, 1.54) is 4.88 Å². The number of hydrogen-bond acceptors (Lipinski definition) is 7. The topological polar surface area (TPSA) is 76.6 Å². The molecule has 1 N–H and O–H groups in total. The monoisotopic (exact) mass is 404 g/mol. The smallest absolute Gasteiger partial charge is 0.410 e. The molecule has 1 fully saturated rings. The number of nitrogens with one attached hydrogen (secondary N) is 1. The minimum atomic E-state index is -0.518. The number of rotatable bonds is 4. The third-order valence-corrected chi connectivity index (χ3v) is 5.36. The summed E-state index contributed by atoms with van der Waals surface area (Å²) in [5.74, 6) is 1.15. The van der Waals surface area contributed by atoms with Crippen LogP contribution in [-0.2, 0) is 9.47 Å². The van der Waals surface area contributed by atoms with Crippen LogP contribution >= 0.6 is 11.3 Å². The molecule has 0 spiro atoms. The molecule has 0 radical (unpaired) electrons. The lowest BCUT2D eigenvalue weighted by atomic mass is 10.2. The standard InChI is InChI=1S/C20H28N4O3S/c1-13(2)16-11-21-18(28-16)23-17-8-6-7-14(22-17)15-12-24(9-10-26-15)19(25)27-20(3,4)5/h6-8,11,13,15H,9-10,12H2,1-5H3,(H,21,22,23). The molecule has 7 nitrogen and oxygen atoms in total. The second kappa shape index (κ2) is 8.45. The zero-order chi connectivity index (χ0) is 20.3. The molecule has 0 saturated carbocycles. The normalized spacial score (nSPS) is 17.6. The second-order valence-electron chi connectivity index (χ2n) is 8.08. The Balaban J connectivity index is 1.68. The maximum absolute atomic E-state index is 12.4. The number of carbonyl (C=O) groups is 1. The van der Waals surface area contributed by atoms with Crippen LogP contribution in [0.1, 0.15) is 57.2 Å². The van der Waals surface area contributed by atoms with E-state index >= 15 is 0 Å². The van der Waals surface area contributed by atoms with Gasteiger partial charge in [0.25, 0.3) is 0 Å². The molecule has 1 aliphatic heterocycles. The Morgan fingerprint density at radius 1 is 1.39 bits per heavy atom. The van der Waals surface area contributed by atoms with Crippen LogP contribution in [0.25, 0.3) is 0 Å². The molecule has 8 heteroatoms. The molecular formula is C20H28N4O3S. The maximum Gasteiger partial charge on any atom is 0.410 e. The van der Waals surface area contributed by atoms with Gasteiger partial charge in [0.2, 0.25) is 0 Å². The van der Waals surface area contributed by atoms with Gasteiger partial charge in [0.15, 0.2) is 5.13 Å². The second-order valence-corrected chi connectivity index (χ2v) is 9.14. The molecule has 2 aromatic heterocycles. The highest BCUT2D eigenvalue weighted by molar-refractivity contribution is 7.15. The molecule has 3 heterocycles. The predicted molar refractivity (Wildman–Crippen MR) is 110 cm³/mol. The Morgan fingerprint density at radius 2 is 2.18 bits per heavy atom. The fourth-order valence-corrected chi connectivity index (χ4v) is 3.57. The number of hydrogen-bond donors (Lipinski definition) is 1. The van der Waals surface area contributed by atoms with Gasteiger partial charge in [-0.25, -0.2) is 14.8 Å². The number of pyridine rings is 1. The van der Waals surface area contributed by atoms with E-state index < -0.39 is 5.60 Å². The third-order valence-electron chi connectivity index (χ3n) is 4.15. The maximum atomic E-state index is 12.4. The minimum absolute atomic E-state index is 0.287. The van der Waals surface area contributed by atoms with Gasteiger partial charge >= 0.3 is 6.09 Å². The van der Waals surface area contributed by atoms with Gasteiger partial charge in [0.05, 0.1) is 18.8 Å². The van der Waals surface area contributed by atoms with Gasteiger partial charge in [-0.15, -0.1) is 11.3 Å². The first-order valence-corrected chi connectivity index (χ1v) is 10.3. The average molecular weight is 405 g/mol. The number of nitrogens with zero attached hydrogens (tertiary/aromatic N) is 3. The first kappa shape index (κ1) is 20.5. The van der Waals surface area contributed by atoms with Gasteiger partial charge < -0.3 is 19.7 Å². The molecule has 0 aliphatic carbocycles. The van der Waals surface area contributed by atoms with Crippen molar-refractivity contribution in [2.75, 3.05) is 25.0 Å². The summed E-state index contributed by atoms with van der Waals surface area (Å²) in [5.41, 5.74) is 0.258. The molecule has 28 heavy (non-hydrogen) atoms. The van der Waals surface area contributed by atoms with Gasteiger partial charge in [0, 0.05) is 17.6 Å². The summed E-state index contributed by atoms with van der Waals surface area (Å²) < 4.78 is 11.3. The molecule has 1 saturated heterocycles. The van der Waals surface area contributed by atoms with Crippen molar-refractivity contribution in [3.8, 4) is 0 Å². The lowest BCUT2D eigenvalue weighted by Gasteiger charge is -2.34. The lowest BCUT2D eigenvalue weighted by Crippen LogP contribution is -2.44. The summed E-state index contributed by atoms with van der Waals surface area (Å²) in [4.78, 5) is 24.3. The van der Waals surface area contributed by atoms with Crippen LogP contribution in [0.5, 0.6) is 0 Å². The molecule has 0 bridgehead atoms. The van der Waals surface area contributed by atoms with Gasteiger partial charge in [-0.3, -0.25) is 0 Å². The van der Waals surface area contributed by atoms with Crippen LogP contribution in [0.2, 0.25) is 0 Å². The number of carbonyl (C=O) groups excluding carboxylic acids is 1. The highest BCUT2D eigenvalue weighted by Crippen LogP contribution is 2.28. The number of anilines is 2. The molecule has 1 unspecified atom stereocenters. The van der Waals surface area contributed by atoms with Gasteiger partial charge in [-0.1, -0.05) is 19.9 Å². The first-order chi connectivity index (χ1) is 13.2. The highest BCUT2D eigenvalue weighted by Gasteiger charge is 2.29. The van der Waals surface area contributed by atoms with E-state index in [1.807, 2.05) is 45.2 Å². The molecule has 1 amide bonds. The van der Waals surface area contributed by atoms with Gasteiger partial charge in [0.1, 0.15) is 17.5 Å². The summed E-state index contributed by atoms with van der Waals surface area (Å²) >= 11 is 1.62. The van der Waals surface area contributed by atoms with E-state index in [-0.39, 0.29) is 12.2 Å². The number of thiazole rings is 1. The van der Waals surface area contributed by atoms with Crippen LogP contribution < -0.4 is 5.32 Å². The van der Waals surface area contributed by atoms with E-state index in [4.69, 9.17) is 9.47 Å². The van der Waals surface area contributed by atoms with E-state index in [9.17, 15) is 4.79 Å². The van der Waals surface area contributed by atoms with Crippen molar-refractivity contribution in [2.45, 2.75) is 52.2 Å². The lowest BCUT2D eigenvalue weighted by molar-refractivity contribution is -0.0446. The minimum Gasteiger partial charge on any atom is -0.444 e. The fourth-order valence-electron chi connectivity index (χ4n) is 2.74. The quantitative estimate of drug-likeness (QED) is 0.795. The van der Waals surface area contributed by atoms with Crippen molar-refractivity contribution in [3.05, 3.63) is 35.0 Å². The number of amides is 1.